The van der Waals surface area contributed by atoms with Gasteiger partial charge in [-0.05, 0) is 30.3 Å². The quantitative estimate of drug-likeness (QED) is 0.805. The summed E-state index contributed by atoms with van der Waals surface area (Å²) in [4.78, 5) is 4.91. The summed E-state index contributed by atoms with van der Waals surface area (Å²) in [5.41, 5.74) is 1.32. The van der Waals surface area contributed by atoms with Crippen molar-refractivity contribution in [1.82, 2.24) is 9.38 Å². The van der Waals surface area contributed by atoms with Gasteiger partial charge in [0.1, 0.15) is 10.7 Å². The molecule has 0 saturated heterocycles. The van der Waals surface area contributed by atoms with E-state index in [-0.39, 0.29) is 6.61 Å². The number of pyridine rings is 1. The van der Waals surface area contributed by atoms with E-state index in [1.165, 1.54) is 17.8 Å². The molecule has 1 aromatic carbocycles. The van der Waals surface area contributed by atoms with E-state index in [0.717, 1.165) is 12.1 Å². The van der Waals surface area contributed by atoms with Gasteiger partial charge in [0.15, 0.2) is 11.6 Å². The van der Waals surface area contributed by atoms with Crippen LogP contribution in [-0.2, 0) is 6.61 Å². The second kappa shape index (κ2) is 5.22. The topological polar surface area (TPSA) is 37.5 Å². The summed E-state index contributed by atoms with van der Waals surface area (Å²) in [6.07, 6.45) is 1.79. The Bertz CT molecular complexity index is 773. The second-order valence-corrected chi connectivity index (χ2v) is 5.19. The molecule has 3 nitrogen and oxygen atoms in total. The molecule has 0 fully saturated rings. The van der Waals surface area contributed by atoms with Crippen LogP contribution in [0, 0.1) is 11.6 Å². The number of imidazole rings is 1. The van der Waals surface area contributed by atoms with Crippen LogP contribution in [-0.4, -0.2) is 14.5 Å². The first-order chi connectivity index (χ1) is 9.69. The number of halogens is 2. The molecule has 20 heavy (non-hydrogen) atoms. The molecule has 102 valence electrons. The van der Waals surface area contributed by atoms with E-state index >= 15 is 0 Å². The van der Waals surface area contributed by atoms with E-state index in [9.17, 15) is 13.9 Å². The zero-order valence-corrected chi connectivity index (χ0v) is 11.1. The number of aromatic nitrogens is 2. The van der Waals surface area contributed by atoms with Crippen LogP contribution in [0.15, 0.2) is 52.5 Å². The minimum absolute atomic E-state index is 0.183. The van der Waals surface area contributed by atoms with E-state index in [0.29, 0.717) is 21.3 Å². The Balaban J connectivity index is 2.03. The number of benzene rings is 1. The second-order valence-electron chi connectivity index (χ2n) is 4.13. The van der Waals surface area contributed by atoms with E-state index in [1.807, 2.05) is 18.2 Å². The van der Waals surface area contributed by atoms with Crippen molar-refractivity contribution in [1.29, 1.82) is 0 Å². The average molecular weight is 292 g/mol. The molecule has 0 aliphatic carbocycles. The first-order valence-corrected chi connectivity index (χ1v) is 6.70. The molecule has 0 amide bonds. The van der Waals surface area contributed by atoms with Crippen molar-refractivity contribution in [2.45, 2.75) is 16.5 Å². The molecule has 6 heteroatoms. The van der Waals surface area contributed by atoms with Crippen LogP contribution in [0.25, 0.3) is 5.65 Å². The zero-order valence-electron chi connectivity index (χ0n) is 10.3. The van der Waals surface area contributed by atoms with Crippen LogP contribution in [0.2, 0.25) is 0 Å². The van der Waals surface area contributed by atoms with E-state index in [1.54, 1.807) is 10.6 Å². The molecule has 0 aliphatic heterocycles. The molecule has 0 saturated carbocycles. The standard InChI is InChI=1S/C14H10F2N2OS/c15-10-5-4-9(7-11(10)16)20-14-12(8-19)18-6-2-1-3-13(18)17-14/h1-7,19H,8H2. The maximum absolute atomic E-state index is 13.2. The van der Waals surface area contributed by atoms with Crippen molar-refractivity contribution in [2.24, 2.45) is 0 Å². The van der Waals surface area contributed by atoms with Gasteiger partial charge in [-0.2, -0.15) is 0 Å². The molecule has 0 atom stereocenters. The smallest absolute Gasteiger partial charge is 0.159 e. The Morgan fingerprint density at radius 3 is 2.75 bits per heavy atom. The fourth-order valence-electron chi connectivity index (χ4n) is 1.90. The number of aliphatic hydroxyl groups excluding tert-OH is 1. The predicted octanol–water partition coefficient (Wildman–Crippen LogP) is 3.26. The van der Waals surface area contributed by atoms with Crippen molar-refractivity contribution in [3.63, 3.8) is 0 Å². The van der Waals surface area contributed by atoms with Crippen molar-refractivity contribution in [2.75, 3.05) is 0 Å². The Hall–Kier alpha value is -1.92. The Morgan fingerprint density at radius 2 is 2.00 bits per heavy atom. The van der Waals surface area contributed by atoms with Gasteiger partial charge in [0.2, 0.25) is 0 Å². The van der Waals surface area contributed by atoms with Gasteiger partial charge in [-0.3, -0.25) is 0 Å². The molecule has 0 aliphatic rings. The van der Waals surface area contributed by atoms with Crippen LogP contribution in [0.4, 0.5) is 8.78 Å². The highest BCUT2D eigenvalue weighted by Gasteiger charge is 2.13. The van der Waals surface area contributed by atoms with Gasteiger partial charge < -0.3 is 9.51 Å². The van der Waals surface area contributed by atoms with E-state index in [4.69, 9.17) is 0 Å². The fourth-order valence-corrected chi connectivity index (χ4v) is 2.84. The average Bonchev–Trinajstić information content (AvgIpc) is 2.80. The number of rotatable bonds is 3. The van der Waals surface area contributed by atoms with Gasteiger partial charge in [-0.15, -0.1) is 0 Å². The summed E-state index contributed by atoms with van der Waals surface area (Å²) in [6, 6.07) is 9.16. The van der Waals surface area contributed by atoms with Gasteiger partial charge in [0, 0.05) is 11.1 Å². The summed E-state index contributed by atoms with van der Waals surface area (Å²) in [5.74, 6) is -1.78. The molecule has 1 N–H and O–H groups in total. The first kappa shape index (κ1) is 13.1. The summed E-state index contributed by atoms with van der Waals surface area (Å²) in [7, 11) is 0. The maximum Gasteiger partial charge on any atom is 0.159 e. The summed E-state index contributed by atoms with van der Waals surface area (Å²) >= 11 is 1.19. The molecule has 3 rings (SSSR count). The largest absolute Gasteiger partial charge is 0.390 e. The van der Waals surface area contributed by atoms with Crippen molar-refractivity contribution in [3.05, 3.63) is 59.9 Å². The molecular formula is C14H10F2N2OS. The Labute approximate surface area is 117 Å². The van der Waals surface area contributed by atoms with Gasteiger partial charge in [0.05, 0.1) is 12.3 Å². The zero-order chi connectivity index (χ0) is 14.1. The molecule has 2 heterocycles. The minimum atomic E-state index is -0.899. The SMILES string of the molecule is OCc1c(Sc2ccc(F)c(F)c2)nc2ccccn12. The van der Waals surface area contributed by atoms with Crippen LogP contribution in [0.1, 0.15) is 5.69 Å². The molecule has 0 unspecified atom stereocenters. The Morgan fingerprint density at radius 1 is 1.15 bits per heavy atom. The van der Waals surface area contributed by atoms with Crippen molar-refractivity contribution >= 4 is 17.4 Å². The maximum atomic E-state index is 13.2. The lowest BCUT2D eigenvalue weighted by Crippen LogP contribution is -1.92. The molecule has 3 aromatic rings. The molecule has 0 radical (unpaired) electrons. The molecule has 0 spiro atoms. The van der Waals surface area contributed by atoms with Crippen molar-refractivity contribution in [3.8, 4) is 0 Å². The van der Waals surface area contributed by atoms with Crippen LogP contribution in [0.3, 0.4) is 0 Å². The third-order valence-electron chi connectivity index (χ3n) is 2.85. The van der Waals surface area contributed by atoms with Gasteiger partial charge >= 0.3 is 0 Å². The highest BCUT2D eigenvalue weighted by Crippen LogP contribution is 2.31. The number of hydrogen-bond donors (Lipinski definition) is 1. The lowest BCUT2D eigenvalue weighted by atomic mass is 10.3. The monoisotopic (exact) mass is 292 g/mol. The lowest BCUT2D eigenvalue weighted by Gasteiger charge is -2.02. The minimum Gasteiger partial charge on any atom is -0.390 e. The van der Waals surface area contributed by atoms with Crippen LogP contribution < -0.4 is 0 Å². The van der Waals surface area contributed by atoms with Gasteiger partial charge in [-0.25, -0.2) is 13.8 Å². The van der Waals surface area contributed by atoms with Crippen LogP contribution >= 0.6 is 11.8 Å². The molecular weight excluding hydrogens is 282 g/mol. The highest BCUT2D eigenvalue weighted by molar-refractivity contribution is 7.99. The number of fused-ring (bicyclic) bond motifs is 1. The van der Waals surface area contributed by atoms with Crippen molar-refractivity contribution < 1.29 is 13.9 Å². The number of hydrogen-bond acceptors (Lipinski definition) is 3. The van der Waals surface area contributed by atoms with E-state index < -0.39 is 11.6 Å². The third-order valence-corrected chi connectivity index (χ3v) is 3.86. The Kier molecular flexibility index (Phi) is 3.42. The fraction of sp³-hybridized carbons (Fsp3) is 0.0714. The van der Waals surface area contributed by atoms with Gasteiger partial charge in [0.25, 0.3) is 0 Å². The highest BCUT2D eigenvalue weighted by atomic mass is 32.2. The summed E-state index contributed by atoms with van der Waals surface area (Å²) in [5, 5.41) is 10.0. The summed E-state index contributed by atoms with van der Waals surface area (Å²) in [6.45, 7) is -0.183. The first-order valence-electron chi connectivity index (χ1n) is 5.89. The predicted molar refractivity (Wildman–Crippen MR) is 71.6 cm³/mol. The molecule has 2 aromatic heterocycles. The third kappa shape index (κ3) is 2.28. The normalized spacial score (nSPS) is 11.2. The number of nitrogens with zero attached hydrogens (tertiary/aromatic N) is 2. The number of aliphatic hydroxyl groups is 1. The van der Waals surface area contributed by atoms with E-state index in [2.05, 4.69) is 4.98 Å². The van der Waals surface area contributed by atoms with Gasteiger partial charge in [-0.1, -0.05) is 17.8 Å². The van der Waals surface area contributed by atoms with Crippen LogP contribution in [0.5, 0.6) is 0 Å². The lowest BCUT2D eigenvalue weighted by molar-refractivity contribution is 0.272. The molecule has 0 bridgehead atoms. The summed E-state index contributed by atoms with van der Waals surface area (Å²) < 4.78 is 27.9.